The van der Waals surface area contributed by atoms with Crippen molar-refractivity contribution in [2.75, 3.05) is 32.8 Å². The number of ether oxygens (including phenoxy) is 1. The summed E-state index contributed by atoms with van der Waals surface area (Å²) in [4.78, 5) is 40.1. The lowest BCUT2D eigenvalue weighted by Crippen LogP contribution is -2.49. The summed E-state index contributed by atoms with van der Waals surface area (Å²) in [5.74, 6) is -2.79. The van der Waals surface area contributed by atoms with Crippen LogP contribution in [-0.2, 0) is 16.1 Å². The molecule has 2 amide bonds. The van der Waals surface area contributed by atoms with Crippen LogP contribution >= 0.6 is 0 Å². The van der Waals surface area contributed by atoms with E-state index < -0.39 is 30.2 Å². The Balaban J connectivity index is 1.51. The molecule has 0 atom stereocenters. The lowest BCUT2D eigenvalue weighted by atomic mass is 9.98. The Morgan fingerprint density at radius 1 is 0.917 bits per heavy atom. The Labute approximate surface area is 206 Å². The van der Waals surface area contributed by atoms with E-state index in [2.05, 4.69) is 0 Å². The molecule has 0 aliphatic carbocycles. The van der Waals surface area contributed by atoms with E-state index in [1.165, 1.54) is 17.0 Å². The first-order valence-corrected chi connectivity index (χ1v) is 11.3. The molecule has 1 aliphatic heterocycles. The number of carbonyl (C=O) groups is 3. The van der Waals surface area contributed by atoms with Gasteiger partial charge in [-0.25, -0.2) is 13.6 Å². The molecule has 7 nitrogen and oxygen atoms in total. The Hall–Kier alpha value is -4.11. The van der Waals surface area contributed by atoms with Gasteiger partial charge in [0.05, 0.1) is 13.2 Å². The van der Waals surface area contributed by atoms with Gasteiger partial charge in [0.1, 0.15) is 18.2 Å². The van der Waals surface area contributed by atoms with E-state index in [0.29, 0.717) is 48.6 Å². The minimum atomic E-state index is -1.14. The van der Waals surface area contributed by atoms with Crippen molar-refractivity contribution in [1.82, 2.24) is 9.80 Å². The molecule has 1 aliphatic rings. The van der Waals surface area contributed by atoms with Crippen molar-refractivity contribution in [3.63, 3.8) is 0 Å². The van der Waals surface area contributed by atoms with Gasteiger partial charge in [0, 0.05) is 42.4 Å². The number of carbonyl (C=O) groups excluding carboxylic acids is 2. The molecule has 0 radical (unpaired) electrons. The molecule has 1 heterocycles. The molecule has 0 unspecified atom stereocenters. The van der Waals surface area contributed by atoms with E-state index in [4.69, 9.17) is 4.74 Å². The van der Waals surface area contributed by atoms with Crippen molar-refractivity contribution < 1.29 is 33.0 Å². The largest absolute Gasteiger partial charge is 0.480 e. The average Bonchev–Trinajstić information content (AvgIpc) is 2.88. The van der Waals surface area contributed by atoms with Crippen LogP contribution in [-0.4, -0.2) is 65.5 Å². The van der Waals surface area contributed by atoms with Gasteiger partial charge >= 0.3 is 12.0 Å². The van der Waals surface area contributed by atoms with E-state index >= 15 is 0 Å². The van der Waals surface area contributed by atoms with Crippen LogP contribution in [0.2, 0.25) is 0 Å². The highest BCUT2D eigenvalue weighted by molar-refractivity contribution is 6.09. The minimum Gasteiger partial charge on any atom is -0.480 e. The lowest BCUT2D eigenvalue weighted by Gasteiger charge is -2.32. The molecule has 1 fully saturated rings. The summed E-state index contributed by atoms with van der Waals surface area (Å²) in [5, 5.41) is 9.30. The molecular formula is C27H24F2N2O5. The fourth-order valence-corrected chi connectivity index (χ4v) is 4.03. The van der Waals surface area contributed by atoms with Crippen LogP contribution < -0.4 is 0 Å². The van der Waals surface area contributed by atoms with Gasteiger partial charge < -0.3 is 19.6 Å². The molecule has 3 aromatic rings. The topological polar surface area (TPSA) is 87.2 Å². The first kappa shape index (κ1) is 25.0. The van der Waals surface area contributed by atoms with Gasteiger partial charge in [0.25, 0.3) is 0 Å². The number of nitrogens with zero attached hydrogens (tertiary/aromatic N) is 2. The number of aliphatic carboxylic acids is 1. The second-order valence-electron chi connectivity index (χ2n) is 8.36. The predicted octanol–water partition coefficient (Wildman–Crippen LogP) is 4.20. The highest BCUT2D eigenvalue weighted by atomic mass is 19.1. The number of hydrogen-bond donors (Lipinski definition) is 1. The number of morpholine rings is 1. The maximum atomic E-state index is 14.1. The van der Waals surface area contributed by atoms with Crippen molar-refractivity contribution in [2.24, 2.45) is 0 Å². The van der Waals surface area contributed by atoms with Gasteiger partial charge in [-0.1, -0.05) is 42.5 Å². The summed E-state index contributed by atoms with van der Waals surface area (Å²) in [6, 6.07) is 15.8. The van der Waals surface area contributed by atoms with E-state index in [9.17, 15) is 28.3 Å². The summed E-state index contributed by atoms with van der Waals surface area (Å²) in [7, 11) is 0. The lowest BCUT2D eigenvalue weighted by molar-refractivity contribution is -0.137. The van der Waals surface area contributed by atoms with Gasteiger partial charge in [-0.15, -0.1) is 0 Å². The van der Waals surface area contributed by atoms with E-state index in [0.717, 1.165) is 6.07 Å². The predicted molar refractivity (Wildman–Crippen MR) is 128 cm³/mol. The molecule has 4 rings (SSSR count). The average molecular weight is 494 g/mol. The Kier molecular flexibility index (Phi) is 7.70. The molecule has 186 valence electrons. The smallest absolute Gasteiger partial charge is 0.323 e. The summed E-state index contributed by atoms with van der Waals surface area (Å²) < 4.78 is 32.5. The Morgan fingerprint density at radius 3 is 2.31 bits per heavy atom. The van der Waals surface area contributed by atoms with E-state index in [1.807, 2.05) is 0 Å². The van der Waals surface area contributed by atoms with E-state index in [1.54, 1.807) is 53.4 Å². The standard InChI is InChI=1S/C27H24F2N2O5/c28-22-8-9-23(24(29)15-22)19-4-6-20(7-5-19)26(34)21-3-1-2-18(14-21)16-31(17-25(32)33)27(35)30-10-12-36-13-11-30/h1-9,14-15H,10-13,16-17H2,(H,32,33). The number of ketones is 1. The molecule has 0 saturated carbocycles. The number of benzene rings is 3. The second kappa shape index (κ2) is 11.1. The number of urea groups is 1. The molecular weight excluding hydrogens is 470 g/mol. The van der Waals surface area contributed by atoms with Crippen molar-refractivity contribution in [1.29, 1.82) is 0 Å². The number of rotatable bonds is 7. The van der Waals surface area contributed by atoms with E-state index in [-0.39, 0.29) is 17.9 Å². The molecule has 3 aromatic carbocycles. The normalized spacial score (nSPS) is 13.3. The molecule has 0 bridgehead atoms. The third kappa shape index (κ3) is 5.92. The Bertz CT molecular complexity index is 1270. The SMILES string of the molecule is O=C(O)CN(Cc1cccc(C(=O)c2ccc(-c3ccc(F)cc3F)cc2)c1)C(=O)N1CCOCC1. The molecule has 0 spiro atoms. The fraction of sp³-hybridized carbons (Fsp3) is 0.222. The summed E-state index contributed by atoms with van der Waals surface area (Å²) in [6.07, 6.45) is 0. The molecule has 0 aromatic heterocycles. The van der Waals surface area contributed by atoms with Gasteiger partial charge in [0.2, 0.25) is 0 Å². The van der Waals surface area contributed by atoms with Crippen LogP contribution in [0.4, 0.5) is 13.6 Å². The number of amides is 2. The van der Waals surface area contributed by atoms with Gasteiger partial charge in [-0.2, -0.15) is 0 Å². The van der Waals surface area contributed by atoms with Gasteiger partial charge in [-0.3, -0.25) is 9.59 Å². The third-order valence-electron chi connectivity index (χ3n) is 5.83. The van der Waals surface area contributed by atoms with Crippen LogP contribution in [0.1, 0.15) is 21.5 Å². The van der Waals surface area contributed by atoms with Crippen molar-refractivity contribution >= 4 is 17.8 Å². The number of halogens is 2. The van der Waals surface area contributed by atoms with Crippen molar-refractivity contribution in [3.05, 3.63) is 95.1 Å². The first-order valence-electron chi connectivity index (χ1n) is 11.3. The third-order valence-corrected chi connectivity index (χ3v) is 5.83. The minimum absolute atomic E-state index is 0.0202. The zero-order valence-electron chi connectivity index (χ0n) is 19.3. The zero-order chi connectivity index (χ0) is 25.7. The van der Waals surface area contributed by atoms with Crippen molar-refractivity contribution in [3.8, 4) is 11.1 Å². The maximum absolute atomic E-state index is 14.1. The van der Waals surface area contributed by atoms with Crippen LogP contribution in [0, 0.1) is 11.6 Å². The molecule has 36 heavy (non-hydrogen) atoms. The van der Waals surface area contributed by atoms with Crippen LogP contribution in [0.25, 0.3) is 11.1 Å². The Morgan fingerprint density at radius 2 is 1.64 bits per heavy atom. The van der Waals surface area contributed by atoms with Crippen LogP contribution in [0.15, 0.2) is 66.7 Å². The summed E-state index contributed by atoms with van der Waals surface area (Å²) in [6.45, 7) is 1.09. The van der Waals surface area contributed by atoms with Crippen LogP contribution in [0.3, 0.4) is 0 Å². The number of hydrogen-bond acceptors (Lipinski definition) is 4. The number of carboxylic acids is 1. The van der Waals surface area contributed by atoms with Crippen LogP contribution in [0.5, 0.6) is 0 Å². The van der Waals surface area contributed by atoms with Gasteiger partial charge in [-0.05, 0) is 29.3 Å². The zero-order valence-corrected chi connectivity index (χ0v) is 19.3. The fourth-order valence-electron chi connectivity index (χ4n) is 4.03. The van der Waals surface area contributed by atoms with Gasteiger partial charge in [0.15, 0.2) is 5.78 Å². The maximum Gasteiger partial charge on any atom is 0.323 e. The monoisotopic (exact) mass is 494 g/mol. The second-order valence-corrected chi connectivity index (χ2v) is 8.36. The summed E-state index contributed by atoms with van der Waals surface area (Å²) in [5.41, 5.74) is 2.06. The molecule has 1 saturated heterocycles. The highest BCUT2D eigenvalue weighted by Gasteiger charge is 2.25. The number of carboxylic acid groups (broad SMARTS) is 1. The quantitative estimate of drug-likeness (QED) is 0.498. The molecule has 1 N–H and O–H groups in total. The molecule has 9 heteroatoms. The highest BCUT2D eigenvalue weighted by Crippen LogP contribution is 2.24. The van der Waals surface area contributed by atoms with Crippen molar-refractivity contribution in [2.45, 2.75) is 6.54 Å². The first-order chi connectivity index (χ1) is 17.3. The summed E-state index contributed by atoms with van der Waals surface area (Å²) >= 11 is 0.